The van der Waals surface area contributed by atoms with Crippen molar-refractivity contribution < 1.29 is 4.74 Å². The SMILES string of the molecule is Cc1cc(-c2ccnn2C)c2cccc(OCc3c(C)ccnc3CN)c2n1. The highest BCUT2D eigenvalue weighted by Crippen LogP contribution is 2.33. The topological polar surface area (TPSA) is 78.8 Å². The van der Waals surface area contributed by atoms with Crippen LogP contribution < -0.4 is 10.5 Å². The Bertz CT molecular complexity index is 1150. The third kappa shape index (κ3) is 3.23. The molecule has 0 atom stereocenters. The second-order valence-electron chi connectivity index (χ2n) is 6.85. The lowest BCUT2D eigenvalue weighted by Crippen LogP contribution is -2.09. The molecule has 0 aliphatic heterocycles. The molecule has 28 heavy (non-hydrogen) atoms. The van der Waals surface area contributed by atoms with Crippen LogP contribution in [0.4, 0.5) is 0 Å². The van der Waals surface area contributed by atoms with Crippen LogP contribution >= 0.6 is 0 Å². The smallest absolute Gasteiger partial charge is 0.146 e. The molecule has 0 saturated heterocycles. The summed E-state index contributed by atoms with van der Waals surface area (Å²) in [7, 11) is 1.94. The van der Waals surface area contributed by atoms with Gasteiger partial charge in [-0.2, -0.15) is 5.10 Å². The van der Waals surface area contributed by atoms with Gasteiger partial charge in [0.15, 0.2) is 0 Å². The Hall–Kier alpha value is -3.25. The highest BCUT2D eigenvalue weighted by atomic mass is 16.5. The lowest BCUT2D eigenvalue weighted by Gasteiger charge is -2.15. The predicted molar refractivity (Wildman–Crippen MR) is 110 cm³/mol. The van der Waals surface area contributed by atoms with E-state index in [-0.39, 0.29) is 0 Å². The summed E-state index contributed by atoms with van der Waals surface area (Å²) < 4.78 is 8.08. The summed E-state index contributed by atoms with van der Waals surface area (Å²) in [6, 6.07) is 12.1. The molecule has 0 aliphatic carbocycles. The van der Waals surface area contributed by atoms with E-state index in [0.29, 0.717) is 13.2 Å². The van der Waals surface area contributed by atoms with Crippen LogP contribution in [0.15, 0.2) is 48.8 Å². The van der Waals surface area contributed by atoms with Crippen LogP contribution in [0.25, 0.3) is 22.2 Å². The first-order valence-corrected chi connectivity index (χ1v) is 9.23. The number of aryl methyl sites for hydroxylation is 3. The largest absolute Gasteiger partial charge is 0.487 e. The standard InChI is InChI=1S/C22H23N5O/c1-14-7-9-24-19(12-23)18(14)13-28-21-6-4-5-16-17(11-15(2)26-22(16)21)20-8-10-25-27(20)3/h4-11H,12-13,23H2,1-3H3. The van der Waals surface area contributed by atoms with Crippen molar-refractivity contribution in [2.45, 2.75) is 27.0 Å². The number of nitrogens with zero attached hydrogens (tertiary/aromatic N) is 4. The van der Waals surface area contributed by atoms with E-state index < -0.39 is 0 Å². The normalized spacial score (nSPS) is 11.1. The number of pyridine rings is 2. The summed E-state index contributed by atoms with van der Waals surface area (Å²) >= 11 is 0. The Kier molecular flexibility index (Phi) is 4.79. The van der Waals surface area contributed by atoms with Gasteiger partial charge in [-0.3, -0.25) is 9.67 Å². The van der Waals surface area contributed by atoms with Crippen LogP contribution in [0, 0.1) is 13.8 Å². The van der Waals surface area contributed by atoms with Crippen molar-refractivity contribution in [3.05, 3.63) is 71.3 Å². The molecule has 142 valence electrons. The monoisotopic (exact) mass is 373 g/mol. The van der Waals surface area contributed by atoms with Crippen molar-refractivity contribution in [2.75, 3.05) is 0 Å². The number of aromatic nitrogens is 4. The summed E-state index contributed by atoms with van der Waals surface area (Å²) in [6.45, 7) is 4.83. The fourth-order valence-electron chi connectivity index (χ4n) is 3.48. The first-order valence-electron chi connectivity index (χ1n) is 9.23. The fourth-order valence-corrected chi connectivity index (χ4v) is 3.48. The highest BCUT2D eigenvalue weighted by Gasteiger charge is 2.14. The number of benzene rings is 1. The molecular weight excluding hydrogens is 350 g/mol. The highest BCUT2D eigenvalue weighted by molar-refractivity contribution is 5.96. The molecule has 0 amide bonds. The number of hydrogen-bond acceptors (Lipinski definition) is 5. The van der Waals surface area contributed by atoms with Gasteiger partial charge in [0.25, 0.3) is 0 Å². The zero-order valence-corrected chi connectivity index (χ0v) is 16.3. The zero-order valence-electron chi connectivity index (χ0n) is 16.3. The Morgan fingerprint density at radius 1 is 1.11 bits per heavy atom. The van der Waals surface area contributed by atoms with Crippen molar-refractivity contribution >= 4 is 10.9 Å². The molecule has 1 aromatic carbocycles. The molecule has 3 heterocycles. The van der Waals surface area contributed by atoms with Crippen LogP contribution in [0.2, 0.25) is 0 Å². The lowest BCUT2D eigenvalue weighted by molar-refractivity contribution is 0.306. The zero-order chi connectivity index (χ0) is 19.7. The molecule has 3 aromatic heterocycles. The number of para-hydroxylation sites is 1. The number of hydrogen-bond donors (Lipinski definition) is 1. The molecule has 0 fully saturated rings. The Balaban J connectivity index is 1.77. The maximum absolute atomic E-state index is 6.21. The average Bonchev–Trinajstić information content (AvgIpc) is 3.12. The first-order chi connectivity index (χ1) is 13.6. The van der Waals surface area contributed by atoms with E-state index in [1.54, 1.807) is 12.4 Å². The number of nitrogens with two attached hydrogens (primary N) is 1. The number of fused-ring (bicyclic) bond motifs is 1. The van der Waals surface area contributed by atoms with Gasteiger partial charge >= 0.3 is 0 Å². The predicted octanol–water partition coefficient (Wildman–Crippen LogP) is 3.68. The van der Waals surface area contributed by atoms with Gasteiger partial charge < -0.3 is 10.5 Å². The maximum atomic E-state index is 6.21. The van der Waals surface area contributed by atoms with Gasteiger partial charge in [0.1, 0.15) is 17.9 Å². The summed E-state index contributed by atoms with van der Waals surface area (Å²) in [6.07, 6.45) is 3.58. The summed E-state index contributed by atoms with van der Waals surface area (Å²) in [4.78, 5) is 9.13. The van der Waals surface area contributed by atoms with Crippen molar-refractivity contribution in [1.29, 1.82) is 0 Å². The van der Waals surface area contributed by atoms with Gasteiger partial charge in [-0.25, -0.2) is 4.98 Å². The van der Waals surface area contributed by atoms with Gasteiger partial charge in [0.05, 0.1) is 11.4 Å². The number of ether oxygens (including phenoxy) is 1. The first kappa shape index (κ1) is 18.1. The van der Waals surface area contributed by atoms with Crippen LogP contribution in [0.1, 0.15) is 22.5 Å². The molecule has 0 spiro atoms. The Morgan fingerprint density at radius 3 is 2.71 bits per heavy atom. The van der Waals surface area contributed by atoms with Crippen LogP contribution in [0.5, 0.6) is 5.75 Å². The third-order valence-corrected chi connectivity index (χ3v) is 4.97. The second-order valence-corrected chi connectivity index (χ2v) is 6.85. The summed E-state index contributed by atoms with van der Waals surface area (Å²) in [5.74, 6) is 0.746. The maximum Gasteiger partial charge on any atom is 0.146 e. The van der Waals surface area contributed by atoms with E-state index >= 15 is 0 Å². The van der Waals surface area contributed by atoms with Gasteiger partial charge in [-0.05, 0) is 43.7 Å². The van der Waals surface area contributed by atoms with E-state index in [0.717, 1.165) is 50.4 Å². The summed E-state index contributed by atoms with van der Waals surface area (Å²) in [5, 5.41) is 5.34. The van der Waals surface area contributed by atoms with Crippen LogP contribution in [0.3, 0.4) is 0 Å². The van der Waals surface area contributed by atoms with Gasteiger partial charge in [-0.1, -0.05) is 12.1 Å². The minimum absolute atomic E-state index is 0.387. The average molecular weight is 373 g/mol. The van der Waals surface area contributed by atoms with Gasteiger partial charge in [0, 0.05) is 48.2 Å². The van der Waals surface area contributed by atoms with Crippen LogP contribution in [-0.2, 0) is 20.2 Å². The second kappa shape index (κ2) is 7.40. The fraction of sp³-hybridized carbons (Fsp3) is 0.227. The van der Waals surface area contributed by atoms with Crippen LogP contribution in [-0.4, -0.2) is 19.7 Å². The van der Waals surface area contributed by atoms with Crippen molar-refractivity contribution in [2.24, 2.45) is 12.8 Å². The van der Waals surface area contributed by atoms with Gasteiger partial charge in [0.2, 0.25) is 0 Å². The Labute approximate surface area is 164 Å². The molecule has 0 saturated carbocycles. The number of rotatable bonds is 5. The van der Waals surface area contributed by atoms with E-state index in [1.165, 1.54) is 0 Å². The summed E-state index contributed by atoms with van der Waals surface area (Å²) in [5.41, 5.74) is 12.8. The minimum Gasteiger partial charge on any atom is -0.487 e. The molecule has 0 radical (unpaired) electrons. The van der Waals surface area contributed by atoms with E-state index in [1.807, 2.05) is 49.8 Å². The molecule has 2 N–H and O–H groups in total. The van der Waals surface area contributed by atoms with Crippen molar-refractivity contribution in [3.8, 4) is 17.0 Å². The van der Waals surface area contributed by atoms with E-state index in [2.05, 4.69) is 22.2 Å². The molecule has 4 aromatic rings. The molecule has 4 rings (SSSR count). The molecule has 6 heteroatoms. The molecule has 0 bridgehead atoms. The van der Waals surface area contributed by atoms with Crippen molar-refractivity contribution in [3.63, 3.8) is 0 Å². The Morgan fingerprint density at radius 2 is 1.96 bits per heavy atom. The third-order valence-electron chi connectivity index (χ3n) is 4.97. The molecule has 6 nitrogen and oxygen atoms in total. The molecule has 0 unspecified atom stereocenters. The van der Waals surface area contributed by atoms with E-state index in [9.17, 15) is 0 Å². The van der Waals surface area contributed by atoms with Gasteiger partial charge in [-0.15, -0.1) is 0 Å². The minimum atomic E-state index is 0.387. The lowest BCUT2D eigenvalue weighted by atomic mass is 10.0. The molecule has 0 aliphatic rings. The van der Waals surface area contributed by atoms with Crippen molar-refractivity contribution in [1.82, 2.24) is 19.7 Å². The quantitative estimate of drug-likeness (QED) is 0.577. The van der Waals surface area contributed by atoms with E-state index in [4.69, 9.17) is 15.5 Å². The molecular formula is C22H23N5O.